The van der Waals surface area contributed by atoms with Gasteiger partial charge < -0.3 is 0 Å². The molecule has 0 unspecified atom stereocenters. The van der Waals surface area contributed by atoms with Gasteiger partial charge in [0.1, 0.15) is 0 Å². The summed E-state index contributed by atoms with van der Waals surface area (Å²) in [6, 6.07) is 30.5. The number of aryl methyl sites for hydroxylation is 2. The molecular formula is C27H22N+. The fourth-order valence-electron chi connectivity index (χ4n) is 4.39. The lowest BCUT2D eigenvalue weighted by atomic mass is 9.91. The first-order valence-corrected chi connectivity index (χ1v) is 9.71. The first-order valence-electron chi connectivity index (χ1n) is 9.71. The van der Waals surface area contributed by atoms with E-state index in [4.69, 9.17) is 0 Å². The van der Waals surface area contributed by atoms with Crippen LogP contribution in [0.5, 0.6) is 0 Å². The molecule has 0 fully saturated rings. The summed E-state index contributed by atoms with van der Waals surface area (Å²) in [7, 11) is 0. The van der Waals surface area contributed by atoms with Crippen molar-refractivity contribution in [2.45, 2.75) is 13.8 Å². The zero-order valence-electron chi connectivity index (χ0n) is 16.2. The van der Waals surface area contributed by atoms with E-state index in [-0.39, 0.29) is 0 Å². The van der Waals surface area contributed by atoms with Gasteiger partial charge in [-0.15, -0.1) is 0 Å². The summed E-state index contributed by atoms with van der Waals surface area (Å²) in [6.45, 7) is 4.42. The standard InChI is InChI=1S/C27H21N/c1-18-16-22(17-19(2)26(18)21-9-4-3-5-10-21)27-25-13-12-20-8-6-7-11-23(20)24(25)14-15-28-27/h3-17H,1-2H3/p+1. The maximum absolute atomic E-state index is 3.51. The predicted octanol–water partition coefficient (Wildman–Crippen LogP) is 6.76. The minimum atomic E-state index is 1.18. The van der Waals surface area contributed by atoms with Crippen LogP contribution in [-0.4, -0.2) is 0 Å². The molecule has 28 heavy (non-hydrogen) atoms. The molecule has 1 heterocycles. The molecule has 0 atom stereocenters. The Morgan fingerprint density at radius 2 is 1.29 bits per heavy atom. The van der Waals surface area contributed by atoms with Gasteiger partial charge in [0.25, 0.3) is 0 Å². The number of hydrogen-bond acceptors (Lipinski definition) is 0. The van der Waals surface area contributed by atoms with Gasteiger partial charge in [-0.2, -0.15) is 0 Å². The highest BCUT2D eigenvalue weighted by molar-refractivity contribution is 6.10. The minimum Gasteiger partial charge on any atom is -0.211 e. The molecule has 1 heteroatoms. The zero-order chi connectivity index (χ0) is 19.1. The van der Waals surface area contributed by atoms with Gasteiger partial charge in [-0.05, 0) is 65.1 Å². The Morgan fingerprint density at radius 1 is 0.571 bits per heavy atom. The number of aromatic amines is 1. The van der Waals surface area contributed by atoms with Crippen molar-refractivity contribution in [2.24, 2.45) is 0 Å². The molecule has 0 bridgehead atoms. The van der Waals surface area contributed by atoms with E-state index >= 15 is 0 Å². The van der Waals surface area contributed by atoms with Crippen molar-refractivity contribution in [1.82, 2.24) is 0 Å². The molecule has 1 nitrogen and oxygen atoms in total. The van der Waals surface area contributed by atoms with E-state index in [0.717, 1.165) is 0 Å². The van der Waals surface area contributed by atoms with Crippen LogP contribution in [0.1, 0.15) is 11.1 Å². The molecule has 5 rings (SSSR count). The molecule has 5 aromatic rings. The number of hydrogen-bond donors (Lipinski definition) is 0. The summed E-state index contributed by atoms with van der Waals surface area (Å²) in [6.07, 6.45) is 2.06. The SMILES string of the molecule is Cc1cc(-c2[nH+]ccc3c2ccc2ccccc23)cc(C)c1-c1ccccc1. The summed E-state index contributed by atoms with van der Waals surface area (Å²) in [5.41, 5.74) is 7.61. The molecule has 0 aliphatic rings. The second kappa shape index (κ2) is 6.61. The van der Waals surface area contributed by atoms with Gasteiger partial charge in [-0.1, -0.05) is 60.7 Å². The Morgan fingerprint density at radius 3 is 2.07 bits per heavy atom. The molecule has 0 aliphatic heterocycles. The maximum atomic E-state index is 3.51. The van der Waals surface area contributed by atoms with E-state index in [1.54, 1.807) is 0 Å². The van der Waals surface area contributed by atoms with Crippen LogP contribution in [0.25, 0.3) is 43.9 Å². The summed E-state index contributed by atoms with van der Waals surface area (Å²) in [5.74, 6) is 0. The van der Waals surface area contributed by atoms with Gasteiger partial charge in [0.2, 0.25) is 5.69 Å². The molecule has 0 amide bonds. The van der Waals surface area contributed by atoms with E-state index < -0.39 is 0 Å². The summed E-state index contributed by atoms with van der Waals surface area (Å²) in [4.78, 5) is 3.51. The van der Waals surface area contributed by atoms with Crippen molar-refractivity contribution in [1.29, 1.82) is 0 Å². The molecule has 4 aromatic carbocycles. The number of H-pyrrole nitrogens is 1. The van der Waals surface area contributed by atoms with Crippen LogP contribution in [0.2, 0.25) is 0 Å². The highest BCUT2D eigenvalue weighted by Crippen LogP contribution is 2.34. The van der Waals surface area contributed by atoms with Crippen molar-refractivity contribution >= 4 is 21.5 Å². The second-order valence-electron chi connectivity index (χ2n) is 7.45. The van der Waals surface area contributed by atoms with E-state index in [2.05, 4.69) is 110 Å². The first-order chi connectivity index (χ1) is 13.7. The third kappa shape index (κ3) is 2.68. The Bertz CT molecular complexity index is 1290. The molecule has 1 aromatic heterocycles. The lowest BCUT2D eigenvalue weighted by Gasteiger charge is -2.12. The molecule has 0 spiro atoms. The van der Waals surface area contributed by atoms with E-state index in [1.807, 2.05) is 0 Å². The topological polar surface area (TPSA) is 14.1 Å². The third-order valence-corrected chi connectivity index (χ3v) is 5.60. The Kier molecular flexibility index (Phi) is 3.95. The lowest BCUT2D eigenvalue weighted by Crippen LogP contribution is -2.07. The molecule has 0 radical (unpaired) electrons. The van der Waals surface area contributed by atoms with Crippen LogP contribution in [0.15, 0.2) is 91.1 Å². The number of pyridine rings is 1. The predicted molar refractivity (Wildman–Crippen MR) is 118 cm³/mol. The quantitative estimate of drug-likeness (QED) is 0.309. The lowest BCUT2D eigenvalue weighted by molar-refractivity contribution is -0.362. The van der Waals surface area contributed by atoms with E-state index in [1.165, 1.54) is 55.1 Å². The number of aromatic nitrogens is 1. The molecule has 0 aliphatic carbocycles. The van der Waals surface area contributed by atoms with Crippen molar-refractivity contribution in [2.75, 3.05) is 0 Å². The normalized spacial score (nSPS) is 11.2. The van der Waals surface area contributed by atoms with Crippen LogP contribution in [0.4, 0.5) is 0 Å². The van der Waals surface area contributed by atoms with Crippen molar-refractivity contribution in [3.05, 3.63) is 102 Å². The van der Waals surface area contributed by atoms with E-state index in [9.17, 15) is 0 Å². The zero-order valence-corrected chi connectivity index (χ0v) is 16.2. The third-order valence-electron chi connectivity index (χ3n) is 5.60. The number of rotatable bonds is 2. The summed E-state index contributed by atoms with van der Waals surface area (Å²) >= 11 is 0. The van der Waals surface area contributed by atoms with Crippen molar-refractivity contribution in [3.8, 4) is 22.4 Å². The molecule has 134 valence electrons. The Hall–Kier alpha value is -3.45. The van der Waals surface area contributed by atoms with Crippen molar-refractivity contribution < 1.29 is 4.98 Å². The van der Waals surface area contributed by atoms with Crippen LogP contribution < -0.4 is 4.98 Å². The average molecular weight is 360 g/mol. The van der Waals surface area contributed by atoms with Gasteiger partial charge in [-0.3, -0.25) is 0 Å². The van der Waals surface area contributed by atoms with Gasteiger partial charge in [0.15, 0.2) is 6.20 Å². The first kappa shape index (κ1) is 16.7. The fourth-order valence-corrected chi connectivity index (χ4v) is 4.39. The monoisotopic (exact) mass is 360 g/mol. The molecule has 1 N–H and O–H groups in total. The summed E-state index contributed by atoms with van der Waals surface area (Å²) in [5, 5.41) is 5.12. The van der Waals surface area contributed by atoms with Crippen LogP contribution >= 0.6 is 0 Å². The van der Waals surface area contributed by atoms with Crippen LogP contribution in [0, 0.1) is 13.8 Å². The summed E-state index contributed by atoms with van der Waals surface area (Å²) < 4.78 is 0. The highest BCUT2D eigenvalue weighted by atomic mass is 14.7. The Labute approximate surface area is 165 Å². The van der Waals surface area contributed by atoms with Gasteiger partial charge >= 0.3 is 0 Å². The van der Waals surface area contributed by atoms with E-state index in [0.29, 0.717) is 0 Å². The molecular weight excluding hydrogens is 338 g/mol. The number of benzene rings is 4. The second-order valence-corrected chi connectivity index (χ2v) is 7.45. The molecule has 0 saturated carbocycles. The minimum absolute atomic E-state index is 1.18. The maximum Gasteiger partial charge on any atom is 0.218 e. The van der Waals surface area contributed by atoms with Gasteiger partial charge in [-0.25, -0.2) is 4.98 Å². The fraction of sp³-hybridized carbons (Fsp3) is 0.0741. The number of fused-ring (bicyclic) bond motifs is 3. The van der Waals surface area contributed by atoms with Crippen LogP contribution in [0.3, 0.4) is 0 Å². The van der Waals surface area contributed by atoms with Crippen molar-refractivity contribution in [3.63, 3.8) is 0 Å². The van der Waals surface area contributed by atoms with Crippen LogP contribution in [-0.2, 0) is 0 Å². The van der Waals surface area contributed by atoms with Gasteiger partial charge in [0, 0.05) is 17.0 Å². The smallest absolute Gasteiger partial charge is 0.211 e. The molecule has 0 saturated heterocycles. The average Bonchev–Trinajstić information content (AvgIpc) is 2.73. The largest absolute Gasteiger partial charge is 0.218 e. The Balaban J connectivity index is 1.74. The number of nitrogens with one attached hydrogen (secondary N) is 1. The highest BCUT2D eigenvalue weighted by Gasteiger charge is 2.16. The van der Waals surface area contributed by atoms with Gasteiger partial charge in [0.05, 0.1) is 5.39 Å².